The van der Waals surface area contributed by atoms with Crippen LogP contribution in [-0.2, 0) is 21.7 Å². The van der Waals surface area contributed by atoms with Gasteiger partial charge in [0.1, 0.15) is 0 Å². The molecule has 124 valence electrons. The number of hydrogen-bond donors (Lipinski definition) is 0. The van der Waals surface area contributed by atoms with E-state index in [0.717, 1.165) is 6.42 Å². The second-order valence-corrected chi connectivity index (χ2v) is 9.66. The first kappa shape index (κ1) is 24.2. The van der Waals surface area contributed by atoms with Crippen LogP contribution in [0.25, 0.3) is 0 Å². The van der Waals surface area contributed by atoms with Crippen molar-refractivity contribution in [3.05, 3.63) is 47.2 Å². The fourth-order valence-corrected chi connectivity index (χ4v) is 4.58. The number of allylic oxidation sites excluding steroid dienone is 7. The van der Waals surface area contributed by atoms with Crippen molar-refractivity contribution < 1.29 is 21.7 Å². The van der Waals surface area contributed by atoms with Crippen molar-refractivity contribution in [2.24, 2.45) is 4.74 Å². The maximum absolute atomic E-state index is 4.97. The predicted molar refractivity (Wildman–Crippen MR) is 102 cm³/mol. The average Bonchev–Trinajstić information content (AvgIpc) is 3.04. The minimum absolute atomic E-state index is 0. The van der Waals surface area contributed by atoms with Gasteiger partial charge in [-0.1, -0.05) is 56.2 Å². The van der Waals surface area contributed by atoms with Gasteiger partial charge in [-0.25, -0.2) is 0 Å². The first-order chi connectivity index (χ1) is 9.98. The van der Waals surface area contributed by atoms with Crippen LogP contribution in [-0.4, -0.2) is 18.5 Å². The van der Waals surface area contributed by atoms with Gasteiger partial charge in [0.25, 0.3) is 0 Å². The Morgan fingerprint density at radius 3 is 1.77 bits per heavy atom. The Hall–Kier alpha value is -0.0957. The molecule has 0 aromatic carbocycles. The molecule has 1 nitrogen and oxygen atoms in total. The molecule has 0 unspecified atom stereocenters. The van der Waals surface area contributed by atoms with Gasteiger partial charge in [-0.05, 0) is 59.3 Å². The SMILES string of the molecule is CC=C(C)C(C)=CC.CCP(CC)(CC)=NC1=CC=CC1.[Ti]. The zero-order valence-electron chi connectivity index (χ0n) is 15.6. The molecule has 22 heavy (non-hydrogen) atoms. The molecule has 1 rings (SSSR count). The van der Waals surface area contributed by atoms with E-state index >= 15 is 0 Å². The standard InChI is InChI=1S/C11H20NP.C8H14.Ti/c1-4-13(5-2,6-3)12-11-9-7-8-10-11;1-5-7(3)8(4)6-2;/h7-9H,4-6,10H2,1-3H3;5-6H,1-4H3;. The van der Waals surface area contributed by atoms with Crippen LogP contribution in [0.1, 0.15) is 54.9 Å². The molecule has 3 heteroatoms. The third-order valence-corrected chi connectivity index (χ3v) is 8.56. The van der Waals surface area contributed by atoms with Gasteiger partial charge in [-0.15, -0.1) is 0 Å². The predicted octanol–water partition coefficient (Wildman–Crippen LogP) is 7.01. The monoisotopic (exact) mass is 355 g/mol. The van der Waals surface area contributed by atoms with Crippen LogP contribution in [0.3, 0.4) is 0 Å². The summed E-state index contributed by atoms with van der Waals surface area (Å²) in [6.07, 6.45) is 15.6. The van der Waals surface area contributed by atoms with E-state index in [9.17, 15) is 0 Å². The van der Waals surface area contributed by atoms with Gasteiger partial charge in [0.05, 0.1) is 0 Å². The van der Waals surface area contributed by atoms with E-state index in [4.69, 9.17) is 4.74 Å². The fraction of sp³-hybridized carbons (Fsp3) is 0.579. The van der Waals surface area contributed by atoms with E-state index in [1.54, 1.807) is 0 Å². The van der Waals surface area contributed by atoms with Crippen LogP contribution < -0.4 is 0 Å². The molecule has 0 fully saturated rings. The van der Waals surface area contributed by atoms with Gasteiger partial charge in [-0.3, -0.25) is 4.74 Å². The van der Waals surface area contributed by atoms with Gasteiger partial charge >= 0.3 is 0 Å². The number of rotatable bonds is 5. The Labute approximate surface area is 154 Å². The Balaban J connectivity index is 0. The van der Waals surface area contributed by atoms with Crippen molar-refractivity contribution in [3.63, 3.8) is 0 Å². The Bertz CT molecular complexity index is 447. The molecule has 0 atom stereocenters. The first-order valence-electron chi connectivity index (χ1n) is 8.19. The third-order valence-electron chi connectivity index (χ3n) is 4.35. The smallest absolute Gasteiger partial charge is 0.0425 e. The van der Waals surface area contributed by atoms with Gasteiger partial charge in [0.2, 0.25) is 0 Å². The summed E-state index contributed by atoms with van der Waals surface area (Å²) in [5, 5.41) is 0. The maximum Gasteiger partial charge on any atom is 0.0425 e. The molecule has 0 amide bonds. The van der Waals surface area contributed by atoms with E-state index < -0.39 is 7.05 Å². The molecule has 0 N–H and O–H groups in total. The second-order valence-electron chi connectivity index (χ2n) is 5.38. The average molecular weight is 355 g/mol. The Morgan fingerprint density at radius 2 is 1.50 bits per heavy atom. The van der Waals surface area contributed by atoms with Gasteiger partial charge in [0.15, 0.2) is 0 Å². The van der Waals surface area contributed by atoms with Crippen LogP contribution in [0.4, 0.5) is 0 Å². The zero-order valence-corrected chi connectivity index (χ0v) is 18.1. The van der Waals surface area contributed by atoms with Crippen LogP contribution in [0.15, 0.2) is 52.0 Å². The van der Waals surface area contributed by atoms with E-state index in [-0.39, 0.29) is 21.7 Å². The molecular formula is C19H34NPTi. The molecule has 1 aliphatic carbocycles. The summed E-state index contributed by atoms with van der Waals surface area (Å²) in [4.78, 5) is 0. The normalized spacial score (nSPS) is 14.8. The Kier molecular flexibility index (Phi) is 14.7. The maximum atomic E-state index is 4.97. The van der Waals surface area contributed by atoms with Crippen LogP contribution in [0, 0.1) is 0 Å². The Morgan fingerprint density at radius 1 is 1.05 bits per heavy atom. The minimum atomic E-state index is -0.971. The third kappa shape index (κ3) is 8.51. The van der Waals surface area contributed by atoms with Crippen molar-refractivity contribution in [3.8, 4) is 0 Å². The molecule has 1 aliphatic rings. The summed E-state index contributed by atoms with van der Waals surface area (Å²) < 4.78 is 4.97. The molecule has 0 aromatic rings. The summed E-state index contributed by atoms with van der Waals surface area (Å²) in [7, 11) is -0.971. The van der Waals surface area contributed by atoms with E-state index in [1.807, 2.05) is 0 Å². The zero-order chi connectivity index (χ0) is 16.3. The van der Waals surface area contributed by atoms with Crippen molar-refractivity contribution >= 4 is 7.05 Å². The molecule has 0 saturated carbocycles. The summed E-state index contributed by atoms with van der Waals surface area (Å²) in [6, 6.07) is 0. The first-order valence-corrected chi connectivity index (χ1v) is 10.5. The summed E-state index contributed by atoms with van der Waals surface area (Å²) in [6.45, 7) is 15.2. The molecular weight excluding hydrogens is 321 g/mol. The molecule has 0 aliphatic heterocycles. The van der Waals surface area contributed by atoms with Crippen molar-refractivity contribution in [2.75, 3.05) is 18.5 Å². The minimum Gasteiger partial charge on any atom is -0.272 e. The van der Waals surface area contributed by atoms with E-state index in [0.29, 0.717) is 0 Å². The molecule has 0 aromatic heterocycles. The molecule has 0 heterocycles. The summed E-state index contributed by atoms with van der Waals surface area (Å²) in [5.74, 6) is 0. The summed E-state index contributed by atoms with van der Waals surface area (Å²) >= 11 is 0. The molecule has 0 spiro atoms. The van der Waals surface area contributed by atoms with Gasteiger partial charge in [0, 0.05) is 33.8 Å². The number of nitrogens with zero attached hydrogens (tertiary/aromatic N) is 1. The topological polar surface area (TPSA) is 12.4 Å². The molecule has 0 bridgehead atoms. The van der Waals surface area contributed by atoms with Crippen molar-refractivity contribution in [2.45, 2.75) is 54.9 Å². The van der Waals surface area contributed by atoms with Crippen LogP contribution in [0.5, 0.6) is 0 Å². The van der Waals surface area contributed by atoms with Gasteiger partial charge < -0.3 is 0 Å². The number of hydrogen-bond acceptors (Lipinski definition) is 1. The van der Waals surface area contributed by atoms with Crippen molar-refractivity contribution in [1.29, 1.82) is 0 Å². The summed E-state index contributed by atoms with van der Waals surface area (Å²) in [5.41, 5.74) is 4.04. The second kappa shape index (κ2) is 13.4. The molecule has 0 radical (unpaired) electrons. The van der Waals surface area contributed by atoms with Crippen LogP contribution in [0.2, 0.25) is 0 Å². The van der Waals surface area contributed by atoms with Crippen LogP contribution >= 0.6 is 7.05 Å². The fourth-order valence-electron chi connectivity index (χ4n) is 2.12. The molecule has 0 saturated heterocycles. The largest absolute Gasteiger partial charge is 0.272 e. The van der Waals surface area contributed by atoms with E-state index in [2.05, 4.69) is 78.8 Å². The quantitative estimate of drug-likeness (QED) is 0.286. The van der Waals surface area contributed by atoms with Crippen molar-refractivity contribution in [1.82, 2.24) is 0 Å². The van der Waals surface area contributed by atoms with Gasteiger partial charge in [-0.2, -0.15) is 0 Å². The van der Waals surface area contributed by atoms with E-state index in [1.165, 1.54) is 35.3 Å².